The number of hydrogen-bond acceptors (Lipinski definition) is 6. The Balaban J connectivity index is 1.35. The first-order valence-electron chi connectivity index (χ1n) is 9.76. The van der Waals surface area contributed by atoms with Gasteiger partial charge in [0.2, 0.25) is 0 Å². The highest BCUT2D eigenvalue weighted by Crippen LogP contribution is 2.48. The number of rotatable bonds is 4. The molecule has 0 radical (unpaired) electrons. The number of carbonyl (C=O) groups is 1. The van der Waals surface area contributed by atoms with Gasteiger partial charge in [0.15, 0.2) is 0 Å². The van der Waals surface area contributed by atoms with Crippen molar-refractivity contribution in [3.05, 3.63) is 45.7 Å². The molecule has 5 rings (SSSR count). The molecule has 2 aliphatic rings. The fourth-order valence-corrected chi connectivity index (χ4v) is 5.02. The van der Waals surface area contributed by atoms with E-state index < -0.39 is 0 Å². The van der Waals surface area contributed by atoms with Gasteiger partial charge in [0, 0.05) is 24.2 Å². The molecule has 2 fully saturated rings. The van der Waals surface area contributed by atoms with Gasteiger partial charge in [-0.15, -0.1) is 16.4 Å². The SMILES string of the molecule is Cc1ccc(N2CC(NC(=O)c3sc4nnc(C)c(C)c4c3C3CC3)C2)cn1. The van der Waals surface area contributed by atoms with Crippen LogP contribution in [-0.4, -0.2) is 40.2 Å². The van der Waals surface area contributed by atoms with Crippen LogP contribution in [0.5, 0.6) is 0 Å². The van der Waals surface area contributed by atoms with Gasteiger partial charge in [-0.05, 0) is 62.8 Å². The summed E-state index contributed by atoms with van der Waals surface area (Å²) in [6.45, 7) is 7.69. The van der Waals surface area contributed by atoms with Crippen molar-refractivity contribution in [2.75, 3.05) is 18.0 Å². The predicted molar refractivity (Wildman–Crippen MR) is 111 cm³/mol. The molecule has 4 heterocycles. The number of hydrogen-bond donors (Lipinski definition) is 1. The molecule has 1 saturated carbocycles. The van der Waals surface area contributed by atoms with Crippen LogP contribution in [0, 0.1) is 20.8 Å². The van der Waals surface area contributed by atoms with E-state index in [2.05, 4.69) is 38.4 Å². The van der Waals surface area contributed by atoms with Gasteiger partial charge in [0.1, 0.15) is 4.83 Å². The van der Waals surface area contributed by atoms with Gasteiger partial charge in [0.25, 0.3) is 5.91 Å². The first-order chi connectivity index (χ1) is 13.5. The van der Waals surface area contributed by atoms with Crippen molar-refractivity contribution in [3.8, 4) is 0 Å². The summed E-state index contributed by atoms with van der Waals surface area (Å²) >= 11 is 1.49. The molecule has 0 bridgehead atoms. The van der Waals surface area contributed by atoms with E-state index in [9.17, 15) is 4.79 Å². The number of nitrogens with one attached hydrogen (secondary N) is 1. The average Bonchev–Trinajstić information content (AvgIpc) is 3.41. The molecule has 144 valence electrons. The highest BCUT2D eigenvalue weighted by Gasteiger charge is 2.35. The Labute approximate surface area is 168 Å². The maximum Gasteiger partial charge on any atom is 0.262 e. The van der Waals surface area contributed by atoms with Crippen molar-refractivity contribution in [1.29, 1.82) is 0 Å². The molecule has 1 N–H and O–H groups in total. The lowest BCUT2D eigenvalue weighted by atomic mass is 10.0. The van der Waals surface area contributed by atoms with Gasteiger partial charge in [0.05, 0.1) is 28.5 Å². The molecule has 28 heavy (non-hydrogen) atoms. The van der Waals surface area contributed by atoms with E-state index in [4.69, 9.17) is 0 Å². The Bertz CT molecular complexity index is 1060. The van der Waals surface area contributed by atoms with Crippen molar-refractivity contribution >= 4 is 33.1 Å². The predicted octanol–water partition coefficient (Wildman–Crippen LogP) is 3.51. The largest absolute Gasteiger partial charge is 0.366 e. The summed E-state index contributed by atoms with van der Waals surface area (Å²) in [6, 6.07) is 4.27. The van der Waals surface area contributed by atoms with Gasteiger partial charge in [-0.2, -0.15) is 5.10 Å². The molecule has 7 heteroatoms. The maximum atomic E-state index is 13.1. The Morgan fingerprint density at radius 3 is 2.64 bits per heavy atom. The summed E-state index contributed by atoms with van der Waals surface area (Å²) in [6.07, 6.45) is 4.21. The molecule has 1 aliphatic heterocycles. The van der Waals surface area contributed by atoms with Crippen LogP contribution >= 0.6 is 11.3 Å². The van der Waals surface area contributed by atoms with Gasteiger partial charge in [-0.25, -0.2) is 0 Å². The summed E-state index contributed by atoms with van der Waals surface area (Å²) in [7, 11) is 0. The monoisotopic (exact) mass is 393 g/mol. The van der Waals surface area contributed by atoms with Crippen LogP contribution in [0.4, 0.5) is 5.69 Å². The van der Waals surface area contributed by atoms with Crippen LogP contribution < -0.4 is 10.2 Å². The summed E-state index contributed by atoms with van der Waals surface area (Å²) in [4.78, 5) is 21.4. The zero-order chi connectivity index (χ0) is 19.4. The third-order valence-corrected chi connectivity index (χ3v) is 6.89. The lowest BCUT2D eigenvalue weighted by Gasteiger charge is -2.41. The van der Waals surface area contributed by atoms with Gasteiger partial charge in [-0.1, -0.05) is 0 Å². The summed E-state index contributed by atoms with van der Waals surface area (Å²) in [5.41, 5.74) is 5.43. The minimum Gasteiger partial charge on any atom is -0.366 e. The number of fused-ring (bicyclic) bond motifs is 1. The number of thiophene rings is 1. The molecule has 1 saturated heterocycles. The van der Waals surface area contributed by atoms with E-state index in [-0.39, 0.29) is 11.9 Å². The van der Waals surface area contributed by atoms with Crippen LogP contribution in [0.3, 0.4) is 0 Å². The average molecular weight is 394 g/mol. The molecular weight excluding hydrogens is 370 g/mol. The minimum atomic E-state index is 0.0358. The maximum absolute atomic E-state index is 13.1. The van der Waals surface area contributed by atoms with E-state index in [0.29, 0.717) is 5.92 Å². The highest BCUT2D eigenvalue weighted by atomic mass is 32.1. The van der Waals surface area contributed by atoms with Crippen molar-refractivity contribution < 1.29 is 4.79 Å². The third-order valence-electron chi connectivity index (χ3n) is 5.80. The van der Waals surface area contributed by atoms with Crippen molar-refractivity contribution in [2.24, 2.45) is 0 Å². The molecule has 3 aromatic heterocycles. The van der Waals surface area contributed by atoms with Crippen molar-refractivity contribution in [1.82, 2.24) is 20.5 Å². The number of anilines is 1. The molecule has 0 atom stereocenters. The molecule has 1 aliphatic carbocycles. The van der Waals surface area contributed by atoms with Crippen LogP contribution in [0.15, 0.2) is 18.3 Å². The smallest absolute Gasteiger partial charge is 0.262 e. The fraction of sp³-hybridized carbons (Fsp3) is 0.429. The number of amides is 1. The molecule has 1 amide bonds. The standard InChI is InChI=1S/C21H23N5OS/c1-11-4-7-16(8-22-11)26-9-15(10-26)23-20(27)19-18(14-5-6-14)17-12(2)13(3)24-25-21(17)28-19/h4,7-8,14-15H,5-6,9-10H2,1-3H3,(H,23,27). The molecule has 6 nitrogen and oxygen atoms in total. The second-order valence-corrected chi connectivity index (χ2v) is 8.94. The van der Waals surface area contributed by atoms with Crippen LogP contribution in [0.1, 0.15) is 50.9 Å². The number of nitrogens with zero attached hydrogens (tertiary/aromatic N) is 4. The Morgan fingerprint density at radius 2 is 1.96 bits per heavy atom. The number of aryl methyl sites for hydroxylation is 3. The first-order valence-corrected chi connectivity index (χ1v) is 10.6. The molecule has 0 aromatic carbocycles. The number of carbonyl (C=O) groups excluding carboxylic acids is 1. The zero-order valence-electron chi connectivity index (χ0n) is 16.3. The van der Waals surface area contributed by atoms with Crippen LogP contribution in [0.25, 0.3) is 10.2 Å². The number of pyridine rings is 1. The first kappa shape index (κ1) is 17.6. The summed E-state index contributed by atoms with van der Waals surface area (Å²) in [5, 5.41) is 13.0. The normalized spacial score (nSPS) is 17.0. The van der Waals surface area contributed by atoms with E-state index in [0.717, 1.165) is 63.7 Å². The van der Waals surface area contributed by atoms with Crippen LogP contribution in [-0.2, 0) is 0 Å². The van der Waals surface area contributed by atoms with Crippen molar-refractivity contribution in [3.63, 3.8) is 0 Å². The Kier molecular flexibility index (Phi) is 4.08. The van der Waals surface area contributed by atoms with E-state index in [1.165, 1.54) is 16.9 Å². The topological polar surface area (TPSA) is 71.0 Å². The van der Waals surface area contributed by atoms with E-state index in [1.54, 1.807) is 0 Å². The third kappa shape index (κ3) is 2.94. The number of aromatic nitrogens is 3. The minimum absolute atomic E-state index is 0.0358. The van der Waals surface area contributed by atoms with E-state index >= 15 is 0 Å². The van der Waals surface area contributed by atoms with Gasteiger partial charge >= 0.3 is 0 Å². The fourth-order valence-electron chi connectivity index (χ4n) is 3.85. The molecule has 3 aromatic rings. The second kappa shape index (κ2) is 6.51. The molecule has 0 unspecified atom stereocenters. The molecular formula is C21H23N5OS. The second-order valence-electron chi connectivity index (χ2n) is 7.94. The zero-order valence-corrected chi connectivity index (χ0v) is 17.1. The summed E-state index contributed by atoms with van der Waals surface area (Å²) in [5.74, 6) is 0.530. The quantitative estimate of drug-likeness (QED) is 0.734. The lowest BCUT2D eigenvalue weighted by Crippen LogP contribution is -2.59. The van der Waals surface area contributed by atoms with Crippen molar-refractivity contribution in [2.45, 2.75) is 45.6 Å². The van der Waals surface area contributed by atoms with Gasteiger partial charge in [-0.3, -0.25) is 9.78 Å². The van der Waals surface area contributed by atoms with Crippen LogP contribution in [0.2, 0.25) is 0 Å². The Morgan fingerprint density at radius 1 is 1.18 bits per heavy atom. The lowest BCUT2D eigenvalue weighted by molar-refractivity contribution is 0.0933. The van der Waals surface area contributed by atoms with E-state index in [1.807, 2.05) is 26.1 Å². The molecule has 0 spiro atoms. The van der Waals surface area contributed by atoms with Gasteiger partial charge < -0.3 is 10.2 Å². The summed E-state index contributed by atoms with van der Waals surface area (Å²) < 4.78 is 0. The highest BCUT2D eigenvalue weighted by molar-refractivity contribution is 7.20. The Hall–Kier alpha value is -2.54.